The number of unbranched alkanes of at least 4 members (excludes halogenated alkanes) is 1. The molecule has 0 saturated heterocycles. The summed E-state index contributed by atoms with van der Waals surface area (Å²) in [6.07, 6.45) is 3.22. The number of amides is 1. The van der Waals surface area contributed by atoms with Crippen molar-refractivity contribution in [3.8, 4) is 11.5 Å². The zero-order valence-electron chi connectivity index (χ0n) is 19.1. The van der Waals surface area contributed by atoms with Crippen LogP contribution >= 0.6 is 11.8 Å². The van der Waals surface area contributed by atoms with E-state index in [0.717, 1.165) is 48.7 Å². The average molecular weight is 443 g/mol. The summed E-state index contributed by atoms with van der Waals surface area (Å²) in [5, 5.41) is 3.18. The van der Waals surface area contributed by atoms with Crippen LogP contribution in [0.4, 0.5) is 0 Å². The van der Waals surface area contributed by atoms with Crippen molar-refractivity contribution in [3.63, 3.8) is 0 Å². The highest BCUT2D eigenvalue weighted by atomic mass is 32.2. The molecular weight excluding hydrogens is 408 g/mol. The van der Waals surface area contributed by atoms with Crippen LogP contribution in [0.2, 0.25) is 0 Å². The fourth-order valence-corrected chi connectivity index (χ4v) is 4.76. The van der Waals surface area contributed by atoms with Gasteiger partial charge in [0.15, 0.2) is 0 Å². The van der Waals surface area contributed by atoms with Gasteiger partial charge in [-0.2, -0.15) is 0 Å². The van der Waals surface area contributed by atoms with E-state index in [4.69, 9.17) is 9.47 Å². The number of hydrogen-bond donors (Lipinski definition) is 1. The third kappa shape index (κ3) is 5.95. The smallest absolute Gasteiger partial charge is 0.255 e. The van der Waals surface area contributed by atoms with Gasteiger partial charge in [0.1, 0.15) is 11.5 Å². The maximum atomic E-state index is 13.0. The van der Waals surface area contributed by atoms with Crippen LogP contribution in [-0.2, 0) is 13.0 Å². The summed E-state index contributed by atoms with van der Waals surface area (Å²) in [5.41, 5.74) is 3.26. The van der Waals surface area contributed by atoms with E-state index in [1.807, 2.05) is 24.3 Å². The highest BCUT2D eigenvalue weighted by Crippen LogP contribution is 2.28. The molecule has 31 heavy (non-hydrogen) atoms. The van der Waals surface area contributed by atoms with E-state index in [0.29, 0.717) is 17.9 Å². The summed E-state index contributed by atoms with van der Waals surface area (Å²) in [5.74, 6) is 2.40. The molecule has 168 valence electrons. The third-order valence-electron chi connectivity index (χ3n) is 5.78. The second-order valence-electron chi connectivity index (χ2n) is 7.82. The van der Waals surface area contributed by atoms with Gasteiger partial charge >= 0.3 is 0 Å². The van der Waals surface area contributed by atoms with E-state index < -0.39 is 0 Å². The molecule has 0 aliphatic carbocycles. The van der Waals surface area contributed by atoms with Crippen LogP contribution in [0, 0.1) is 0 Å². The van der Waals surface area contributed by atoms with Crippen molar-refractivity contribution in [1.82, 2.24) is 10.2 Å². The fourth-order valence-electron chi connectivity index (χ4n) is 4.06. The van der Waals surface area contributed by atoms with Gasteiger partial charge in [-0.3, -0.25) is 9.69 Å². The van der Waals surface area contributed by atoms with E-state index in [-0.39, 0.29) is 11.9 Å². The van der Waals surface area contributed by atoms with Gasteiger partial charge in [-0.1, -0.05) is 26.3 Å². The molecule has 0 fully saturated rings. The number of rotatable bonds is 10. The number of ether oxygens (including phenoxy) is 2. The minimum atomic E-state index is -0.0774. The Balaban J connectivity index is 1.73. The van der Waals surface area contributed by atoms with E-state index in [2.05, 4.69) is 36.2 Å². The molecule has 5 nitrogen and oxygen atoms in total. The van der Waals surface area contributed by atoms with Gasteiger partial charge in [0, 0.05) is 24.0 Å². The summed E-state index contributed by atoms with van der Waals surface area (Å²) in [4.78, 5) is 16.6. The number of nitrogens with zero attached hydrogens (tertiary/aromatic N) is 1. The quantitative estimate of drug-likeness (QED) is 0.537. The zero-order chi connectivity index (χ0) is 22.2. The van der Waals surface area contributed by atoms with Crippen molar-refractivity contribution in [2.75, 3.05) is 33.1 Å². The molecule has 1 amide bonds. The molecule has 0 spiro atoms. The highest BCUT2D eigenvalue weighted by Gasteiger charge is 2.27. The number of carbonyl (C=O) groups excluding carboxylic acids is 1. The summed E-state index contributed by atoms with van der Waals surface area (Å²) >= 11 is 1.72. The second kappa shape index (κ2) is 11.4. The molecule has 1 atom stereocenters. The van der Waals surface area contributed by atoms with Crippen molar-refractivity contribution < 1.29 is 14.3 Å². The highest BCUT2D eigenvalue weighted by molar-refractivity contribution is 7.99. The lowest BCUT2D eigenvalue weighted by molar-refractivity contribution is 0.0921. The Morgan fingerprint density at radius 3 is 2.68 bits per heavy atom. The molecule has 2 aromatic carbocycles. The summed E-state index contributed by atoms with van der Waals surface area (Å²) in [6.45, 7) is 6.85. The number of thioether (sulfide) groups is 1. The Bertz CT molecular complexity index is 887. The largest absolute Gasteiger partial charge is 0.497 e. The first-order chi connectivity index (χ1) is 15.1. The summed E-state index contributed by atoms with van der Waals surface area (Å²) < 4.78 is 10.9. The van der Waals surface area contributed by atoms with Gasteiger partial charge in [0.25, 0.3) is 5.91 Å². The van der Waals surface area contributed by atoms with Crippen LogP contribution in [0.5, 0.6) is 11.5 Å². The van der Waals surface area contributed by atoms with Gasteiger partial charge in [0.05, 0.1) is 19.8 Å². The molecule has 0 saturated carbocycles. The SMILES string of the molecule is CCCCN1Cc2cc(OC)ccc2C[C@H]1CNC(=O)c1cc(SCC)ccc1OC. The first-order valence-electron chi connectivity index (χ1n) is 11.1. The molecule has 1 aliphatic rings. The fraction of sp³-hybridized carbons (Fsp3) is 0.480. The Kier molecular flexibility index (Phi) is 8.67. The number of carbonyl (C=O) groups is 1. The van der Waals surface area contributed by atoms with Crippen LogP contribution < -0.4 is 14.8 Å². The number of nitrogens with one attached hydrogen (secondary N) is 1. The maximum Gasteiger partial charge on any atom is 0.255 e. The van der Waals surface area contributed by atoms with Crippen LogP contribution in [0.15, 0.2) is 41.3 Å². The predicted octanol–water partition coefficient (Wildman–Crippen LogP) is 4.77. The van der Waals surface area contributed by atoms with Gasteiger partial charge < -0.3 is 14.8 Å². The third-order valence-corrected chi connectivity index (χ3v) is 6.66. The summed E-state index contributed by atoms with van der Waals surface area (Å²) in [6, 6.07) is 12.4. The van der Waals surface area contributed by atoms with Crippen molar-refractivity contribution in [1.29, 1.82) is 0 Å². The van der Waals surface area contributed by atoms with Crippen LogP contribution in [-0.4, -0.2) is 49.9 Å². The molecule has 1 N–H and O–H groups in total. The van der Waals surface area contributed by atoms with Crippen molar-refractivity contribution in [3.05, 3.63) is 53.1 Å². The molecule has 0 radical (unpaired) electrons. The van der Waals surface area contributed by atoms with Gasteiger partial charge in [-0.05, 0) is 66.6 Å². The van der Waals surface area contributed by atoms with Crippen molar-refractivity contribution in [2.24, 2.45) is 0 Å². The van der Waals surface area contributed by atoms with Crippen LogP contribution in [0.3, 0.4) is 0 Å². The van der Waals surface area contributed by atoms with Gasteiger partial charge in [-0.15, -0.1) is 11.8 Å². The lowest BCUT2D eigenvalue weighted by Gasteiger charge is -2.37. The number of fused-ring (bicyclic) bond motifs is 1. The number of hydrogen-bond acceptors (Lipinski definition) is 5. The van der Waals surface area contributed by atoms with Crippen molar-refractivity contribution in [2.45, 2.75) is 50.6 Å². The van der Waals surface area contributed by atoms with E-state index in [1.54, 1.807) is 26.0 Å². The first-order valence-corrected chi connectivity index (χ1v) is 12.1. The Hall–Kier alpha value is -2.18. The lowest BCUT2D eigenvalue weighted by Crippen LogP contribution is -2.47. The van der Waals surface area contributed by atoms with Crippen LogP contribution in [0.25, 0.3) is 0 Å². The Morgan fingerprint density at radius 2 is 1.97 bits per heavy atom. The molecule has 0 aromatic heterocycles. The van der Waals surface area contributed by atoms with E-state index in [1.165, 1.54) is 11.1 Å². The number of benzene rings is 2. The Labute approximate surface area is 190 Å². The lowest BCUT2D eigenvalue weighted by atomic mass is 9.93. The molecule has 3 rings (SSSR count). The van der Waals surface area contributed by atoms with Crippen molar-refractivity contribution >= 4 is 17.7 Å². The topological polar surface area (TPSA) is 50.8 Å². The monoisotopic (exact) mass is 442 g/mol. The molecule has 0 unspecified atom stereocenters. The Morgan fingerprint density at radius 1 is 1.13 bits per heavy atom. The molecule has 1 aliphatic heterocycles. The second-order valence-corrected chi connectivity index (χ2v) is 9.16. The molecule has 1 heterocycles. The number of methoxy groups -OCH3 is 2. The van der Waals surface area contributed by atoms with Crippen LogP contribution in [0.1, 0.15) is 48.2 Å². The molecule has 2 aromatic rings. The first kappa shape index (κ1) is 23.5. The standard InChI is InChI=1S/C25H34N2O3S/c1-5-7-12-27-17-19-14-21(29-3)9-8-18(19)13-20(27)16-26-25(28)23-15-22(31-6-2)10-11-24(23)30-4/h8-11,14-15,20H,5-7,12-13,16-17H2,1-4H3,(H,26,28)/t20-/m0/s1. The molecule has 6 heteroatoms. The molecule has 0 bridgehead atoms. The maximum absolute atomic E-state index is 13.0. The summed E-state index contributed by atoms with van der Waals surface area (Å²) in [7, 11) is 3.32. The van der Waals surface area contributed by atoms with Gasteiger partial charge in [-0.25, -0.2) is 0 Å². The zero-order valence-corrected chi connectivity index (χ0v) is 19.9. The molecular formula is C25H34N2O3S. The normalized spacial score (nSPS) is 15.9. The van der Waals surface area contributed by atoms with Gasteiger partial charge in [0.2, 0.25) is 0 Å². The van der Waals surface area contributed by atoms with E-state index in [9.17, 15) is 4.79 Å². The average Bonchev–Trinajstić information content (AvgIpc) is 2.80. The minimum Gasteiger partial charge on any atom is -0.497 e. The predicted molar refractivity (Wildman–Crippen MR) is 128 cm³/mol. The minimum absolute atomic E-state index is 0.0774. The van der Waals surface area contributed by atoms with E-state index >= 15 is 0 Å².